The SMILES string of the molecule is CSCCC(C)N(C)C(CN)c1sccc1C. The van der Waals surface area contributed by atoms with Gasteiger partial charge in [-0.2, -0.15) is 11.8 Å². The molecule has 0 radical (unpaired) electrons. The first kappa shape index (κ1) is 15.0. The van der Waals surface area contributed by atoms with E-state index in [1.54, 1.807) is 0 Å². The van der Waals surface area contributed by atoms with Crippen LogP contribution in [0.1, 0.15) is 29.8 Å². The van der Waals surface area contributed by atoms with Crippen molar-refractivity contribution >= 4 is 23.1 Å². The molecule has 1 rings (SSSR count). The molecule has 1 aromatic rings. The molecule has 1 heterocycles. The average molecular weight is 272 g/mol. The zero-order valence-corrected chi connectivity index (χ0v) is 12.9. The molecule has 0 saturated heterocycles. The average Bonchev–Trinajstić information content (AvgIpc) is 2.73. The lowest BCUT2D eigenvalue weighted by molar-refractivity contribution is 0.188. The van der Waals surface area contributed by atoms with E-state index in [-0.39, 0.29) is 0 Å². The minimum absolute atomic E-state index is 0.367. The van der Waals surface area contributed by atoms with Crippen molar-refractivity contribution in [3.63, 3.8) is 0 Å². The number of thioether (sulfide) groups is 1. The second-order valence-corrected chi connectivity index (χ2v) is 6.45. The molecule has 2 unspecified atom stereocenters. The Bertz CT molecular complexity index is 325. The van der Waals surface area contributed by atoms with Crippen molar-refractivity contribution in [2.24, 2.45) is 5.73 Å². The van der Waals surface area contributed by atoms with Crippen LogP contribution >= 0.6 is 23.1 Å². The molecule has 0 aromatic carbocycles. The van der Waals surface area contributed by atoms with Gasteiger partial charge >= 0.3 is 0 Å². The fourth-order valence-electron chi connectivity index (χ4n) is 1.98. The standard InChI is InChI=1S/C13H24N2S2/c1-10-5-8-17-13(10)12(9-14)15(3)11(2)6-7-16-4/h5,8,11-12H,6-7,9,14H2,1-4H3. The number of thiophene rings is 1. The Morgan fingerprint density at radius 3 is 2.71 bits per heavy atom. The van der Waals surface area contributed by atoms with Gasteiger partial charge in [-0.25, -0.2) is 0 Å². The van der Waals surface area contributed by atoms with Gasteiger partial charge in [0.05, 0.1) is 6.04 Å². The highest BCUT2D eigenvalue weighted by Gasteiger charge is 2.22. The Morgan fingerprint density at radius 2 is 2.24 bits per heavy atom. The normalized spacial score (nSPS) is 15.2. The number of rotatable bonds is 7. The maximum Gasteiger partial charge on any atom is 0.0566 e. The van der Waals surface area contributed by atoms with Crippen molar-refractivity contribution in [2.75, 3.05) is 25.6 Å². The molecule has 17 heavy (non-hydrogen) atoms. The molecule has 0 bridgehead atoms. The Kier molecular flexibility index (Phi) is 6.55. The summed E-state index contributed by atoms with van der Waals surface area (Å²) in [5, 5.41) is 2.16. The first-order chi connectivity index (χ1) is 8.11. The van der Waals surface area contributed by atoms with Gasteiger partial charge in [-0.1, -0.05) is 0 Å². The molecule has 0 aliphatic carbocycles. The van der Waals surface area contributed by atoms with Crippen LogP contribution in [0.2, 0.25) is 0 Å². The van der Waals surface area contributed by atoms with E-state index in [2.05, 4.69) is 43.5 Å². The van der Waals surface area contributed by atoms with E-state index < -0.39 is 0 Å². The van der Waals surface area contributed by atoms with Crippen LogP contribution in [-0.4, -0.2) is 36.5 Å². The number of hydrogen-bond donors (Lipinski definition) is 1. The van der Waals surface area contributed by atoms with Crippen LogP contribution in [0, 0.1) is 6.92 Å². The lowest BCUT2D eigenvalue weighted by atomic mass is 10.1. The monoisotopic (exact) mass is 272 g/mol. The molecule has 4 heteroatoms. The molecular weight excluding hydrogens is 248 g/mol. The Hall–Kier alpha value is -0.0300. The third-order valence-corrected chi connectivity index (χ3v) is 5.12. The summed E-state index contributed by atoms with van der Waals surface area (Å²) in [6.45, 7) is 5.16. The molecule has 0 amide bonds. The van der Waals surface area contributed by atoms with Crippen LogP contribution in [0.25, 0.3) is 0 Å². The Balaban J connectivity index is 2.70. The largest absolute Gasteiger partial charge is 0.329 e. The molecule has 2 nitrogen and oxygen atoms in total. The molecule has 1 aromatic heterocycles. The van der Waals surface area contributed by atoms with Gasteiger partial charge in [0.1, 0.15) is 0 Å². The smallest absolute Gasteiger partial charge is 0.0566 e. The summed E-state index contributed by atoms with van der Waals surface area (Å²) in [7, 11) is 2.20. The van der Waals surface area contributed by atoms with Gasteiger partial charge in [-0.05, 0) is 56.3 Å². The number of aryl methyl sites for hydroxylation is 1. The van der Waals surface area contributed by atoms with E-state index in [4.69, 9.17) is 5.73 Å². The van der Waals surface area contributed by atoms with E-state index in [1.165, 1.54) is 22.6 Å². The van der Waals surface area contributed by atoms with Gasteiger partial charge in [-0.15, -0.1) is 11.3 Å². The number of likely N-dealkylation sites (N-methyl/N-ethyl adjacent to an activating group) is 1. The van der Waals surface area contributed by atoms with Crippen molar-refractivity contribution in [1.82, 2.24) is 4.90 Å². The number of hydrogen-bond acceptors (Lipinski definition) is 4. The van der Waals surface area contributed by atoms with Crippen molar-refractivity contribution in [3.8, 4) is 0 Å². The minimum Gasteiger partial charge on any atom is -0.329 e. The molecule has 98 valence electrons. The van der Waals surface area contributed by atoms with Crippen molar-refractivity contribution in [2.45, 2.75) is 32.4 Å². The first-order valence-electron chi connectivity index (χ1n) is 6.06. The van der Waals surface area contributed by atoms with E-state index in [9.17, 15) is 0 Å². The number of nitrogens with zero attached hydrogens (tertiary/aromatic N) is 1. The van der Waals surface area contributed by atoms with Crippen LogP contribution in [0.4, 0.5) is 0 Å². The third kappa shape index (κ3) is 3.98. The second kappa shape index (κ2) is 7.41. The lowest BCUT2D eigenvalue weighted by Gasteiger charge is -2.32. The maximum absolute atomic E-state index is 5.96. The summed E-state index contributed by atoms with van der Waals surface area (Å²) in [6, 6.07) is 3.13. The maximum atomic E-state index is 5.96. The lowest BCUT2D eigenvalue weighted by Crippen LogP contribution is -2.37. The summed E-state index contributed by atoms with van der Waals surface area (Å²) in [5.41, 5.74) is 7.33. The first-order valence-corrected chi connectivity index (χ1v) is 8.34. The minimum atomic E-state index is 0.367. The fraction of sp³-hybridized carbons (Fsp3) is 0.692. The number of nitrogens with two attached hydrogens (primary N) is 1. The molecular formula is C13H24N2S2. The highest BCUT2D eigenvalue weighted by atomic mass is 32.2. The Labute approximate surface area is 114 Å². The van der Waals surface area contributed by atoms with Gasteiger partial charge in [0.25, 0.3) is 0 Å². The highest BCUT2D eigenvalue weighted by molar-refractivity contribution is 7.98. The highest BCUT2D eigenvalue weighted by Crippen LogP contribution is 2.29. The van der Waals surface area contributed by atoms with E-state index in [1.807, 2.05) is 23.1 Å². The van der Waals surface area contributed by atoms with Gasteiger partial charge in [0.15, 0.2) is 0 Å². The molecule has 0 spiro atoms. The summed E-state index contributed by atoms with van der Waals surface area (Å²) in [5.74, 6) is 1.21. The Morgan fingerprint density at radius 1 is 1.53 bits per heavy atom. The van der Waals surface area contributed by atoms with Gasteiger partial charge in [-0.3, -0.25) is 4.90 Å². The van der Waals surface area contributed by atoms with Crippen LogP contribution in [-0.2, 0) is 0 Å². The topological polar surface area (TPSA) is 29.3 Å². The third-order valence-electron chi connectivity index (χ3n) is 3.35. The van der Waals surface area contributed by atoms with E-state index in [0.29, 0.717) is 18.6 Å². The van der Waals surface area contributed by atoms with Gasteiger partial charge in [0, 0.05) is 17.5 Å². The molecule has 2 N–H and O–H groups in total. The predicted octanol–water partition coefficient (Wildman–Crippen LogP) is 3.13. The summed E-state index contributed by atoms with van der Waals surface area (Å²) >= 11 is 3.74. The molecule has 0 aliphatic heterocycles. The molecule has 0 fully saturated rings. The summed E-state index contributed by atoms with van der Waals surface area (Å²) < 4.78 is 0. The predicted molar refractivity (Wildman–Crippen MR) is 81.1 cm³/mol. The van der Waals surface area contributed by atoms with Crippen molar-refractivity contribution < 1.29 is 0 Å². The van der Waals surface area contributed by atoms with Gasteiger partial charge < -0.3 is 5.73 Å². The van der Waals surface area contributed by atoms with E-state index >= 15 is 0 Å². The fourth-order valence-corrected chi connectivity index (χ4v) is 3.65. The molecule has 0 saturated carbocycles. The van der Waals surface area contributed by atoms with Crippen molar-refractivity contribution in [3.05, 3.63) is 21.9 Å². The van der Waals surface area contributed by atoms with Crippen LogP contribution < -0.4 is 5.73 Å². The quantitative estimate of drug-likeness (QED) is 0.827. The van der Waals surface area contributed by atoms with Gasteiger partial charge in [0.2, 0.25) is 0 Å². The van der Waals surface area contributed by atoms with Crippen LogP contribution in [0.15, 0.2) is 11.4 Å². The summed E-state index contributed by atoms with van der Waals surface area (Å²) in [4.78, 5) is 3.85. The second-order valence-electron chi connectivity index (χ2n) is 4.52. The van der Waals surface area contributed by atoms with Crippen molar-refractivity contribution in [1.29, 1.82) is 0 Å². The zero-order chi connectivity index (χ0) is 12.8. The zero-order valence-electron chi connectivity index (χ0n) is 11.3. The molecule has 2 atom stereocenters. The van der Waals surface area contributed by atoms with E-state index in [0.717, 1.165) is 0 Å². The van der Waals surface area contributed by atoms with Crippen LogP contribution in [0.3, 0.4) is 0 Å². The summed E-state index contributed by atoms with van der Waals surface area (Å²) in [6.07, 6.45) is 3.38. The molecule has 0 aliphatic rings. The van der Waals surface area contributed by atoms with Crippen LogP contribution in [0.5, 0.6) is 0 Å².